The van der Waals surface area contributed by atoms with E-state index < -0.39 is 0 Å². The van der Waals surface area contributed by atoms with Crippen molar-refractivity contribution >= 4 is 5.91 Å². The summed E-state index contributed by atoms with van der Waals surface area (Å²) < 4.78 is 12.7. The lowest BCUT2D eigenvalue weighted by Crippen LogP contribution is -2.32. The van der Waals surface area contributed by atoms with E-state index in [0.29, 0.717) is 5.56 Å². The van der Waals surface area contributed by atoms with Gasteiger partial charge in [0, 0.05) is 11.6 Å². The summed E-state index contributed by atoms with van der Waals surface area (Å²) in [6, 6.07) is 5.78. The fourth-order valence-electron chi connectivity index (χ4n) is 1.68. The number of hydrogen-bond donors (Lipinski definition) is 1. The van der Waals surface area contributed by atoms with E-state index in [4.69, 9.17) is 0 Å². The molecule has 0 unspecified atom stereocenters. The minimum absolute atomic E-state index is 0.131. The predicted octanol–water partition coefficient (Wildman–Crippen LogP) is 3.52. The highest BCUT2D eigenvalue weighted by Gasteiger charge is 2.09. The molecule has 0 aliphatic carbocycles. The number of benzene rings is 1. The zero-order valence-electron chi connectivity index (χ0n) is 10.5. The van der Waals surface area contributed by atoms with Crippen molar-refractivity contribution in [2.75, 3.05) is 0 Å². The molecule has 94 valence electrons. The largest absolute Gasteiger partial charge is 0.350 e. The Balaban J connectivity index is 2.40. The van der Waals surface area contributed by atoms with Gasteiger partial charge in [-0.25, -0.2) is 4.39 Å². The summed E-state index contributed by atoms with van der Waals surface area (Å²) in [5.74, 6) is -0.452. The first-order valence-electron chi connectivity index (χ1n) is 6.20. The third-order valence-electron chi connectivity index (χ3n) is 2.72. The number of amides is 1. The van der Waals surface area contributed by atoms with E-state index in [0.717, 1.165) is 12.8 Å². The van der Waals surface area contributed by atoms with E-state index in [1.807, 2.05) is 6.92 Å². The molecule has 0 saturated heterocycles. The monoisotopic (exact) mass is 237 g/mol. The van der Waals surface area contributed by atoms with E-state index >= 15 is 0 Å². The van der Waals surface area contributed by atoms with Gasteiger partial charge in [0.2, 0.25) is 0 Å². The highest BCUT2D eigenvalue weighted by Crippen LogP contribution is 2.06. The first-order valence-corrected chi connectivity index (χ1v) is 6.20. The number of hydrogen-bond acceptors (Lipinski definition) is 1. The second-order valence-electron chi connectivity index (χ2n) is 4.38. The molecule has 1 amide bonds. The Bertz CT molecular complexity index is 348. The van der Waals surface area contributed by atoms with E-state index in [1.165, 1.54) is 37.1 Å². The predicted molar refractivity (Wildman–Crippen MR) is 67.5 cm³/mol. The summed E-state index contributed by atoms with van der Waals surface area (Å²) in [4.78, 5) is 11.8. The Morgan fingerprint density at radius 2 is 1.94 bits per heavy atom. The van der Waals surface area contributed by atoms with Crippen LogP contribution in [0.25, 0.3) is 0 Å². The second-order valence-corrected chi connectivity index (χ2v) is 4.38. The van der Waals surface area contributed by atoms with Gasteiger partial charge in [-0.3, -0.25) is 4.79 Å². The summed E-state index contributed by atoms with van der Waals surface area (Å²) in [6.07, 6.45) is 4.48. The molecule has 2 nitrogen and oxygen atoms in total. The zero-order valence-corrected chi connectivity index (χ0v) is 10.5. The topological polar surface area (TPSA) is 29.1 Å². The van der Waals surface area contributed by atoms with Crippen LogP contribution in [0.5, 0.6) is 0 Å². The Hall–Kier alpha value is -1.38. The van der Waals surface area contributed by atoms with Crippen LogP contribution in [0.4, 0.5) is 4.39 Å². The van der Waals surface area contributed by atoms with Crippen molar-refractivity contribution in [1.29, 1.82) is 0 Å². The van der Waals surface area contributed by atoms with E-state index in [1.54, 1.807) is 0 Å². The Morgan fingerprint density at radius 3 is 2.53 bits per heavy atom. The Morgan fingerprint density at radius 1 is 1.29 bits per heavy atom. The molecule has 0 spiro atoms. The minimum atomic E-state index is -0.322. The number of carbonyl (C=O) groups excluding carboxylic acids is 1. The number of carbonyl (C=O) groups is 1. The van der Waals surface area contributed by atoms with Gasteiger partial charge in [-0.2, -0.15) is 0 Å². The van der Waals surface area contributed by atoms with Gasteiger partial charge in [-0.15, -0.1) is 0 Å². The molecule has 0 saturated carbocycles. The lowest BCUT2D eigenvalue weighted by molar-refractivity contribution is 0.0938. The summed E-state index contributed by atoms with van der Waals surface area (Å²) in [5, 5.41) is 2.91. The highest BCUT2D eigenvalue weighted by molar-refractivity contribution is 5.94. The first-order chi connectivity index (χ1) is 8.13. The average molecular weight is 237 g/mol. The van der Waals surface area contributed by atoms with Crippen LogP contribution in [-0.2, 0) is 0 Å². The molecular weight excluding hydrogens is 217 g/mol. The molecule has 0 aromatic heterocycles. The van der Waals surface area contributed by atoms with Crippen molar-refractivity contribution in [3.63, 3.8) is 0 Å². The number of rotatable bonds is 6. The van der Waals surface area contributed by atoms with Crippen molar-refractivity contribution in [2.45, 2.75) is 45.6 Å². The highest BCUT2D eigenvalue weighted by atomic mass is 19.1. The van der Waals surface area contributed by atoms with E-state index in [9.17, 15) is 9.18 Å². The minimum Gasteiger partial charge on any atom is -0.350 e. The van der Waals surface area contributed by atoms with Gasteiger partial charge >= 0.3 is 0 Å². The molecule has 1 N–H and O–H groups in total. The van der Waals surface area contributed by atoms with Crippen LogP contribution in [0.2, 0.25) is 0 Å². The molecule has 1 rings (SSSR count). The molecule has 0 aliphatic rings. The maximum absolute atomic E-state index is 12.7. The van der Waals surface area contributed by atoms with Crippen LogP contribution in [-0.4, -0.2) is 11.9 Å². The molecule has 0 heterocycles. The van der Waals surface area contributed by atoms with Crippen molar-refractivity contribution in [3.8, 4) is 0 Å². The maximum Gasteiger partial charge on any atom is 0.251 e. The van der Waals surface area contributed by atoms with Crippen LogP contribution in [0.3, 0.4) is 0 Å². The summed E-state index contributed by atoms with van der Waals surface area (Å²) in [7, 11) is 0. The lowest BCUT2D eigenvalue weighted by atomic mass is 10.1. The fourth-order valence-corrected chi connectivity index (χ4v) is 1.68. The molecule has 17 heavy (non-hydrogen) atoms. The molecule has 0 bridgehead atoms. The van der Waals surface area contributed by atoms with Crippen molar-refractivity contribution in [1.82, 2.24) is 5.32 Å². The van der Waals surface area contributed by atoms with Crippen LogP contribution >= 0.6 is 0 Å². The van der Waals surface area contributed by atoms with Gasteiger partial charge in [0.05, 0.1) is 0 Å². The molecule has 3 heteroatoms. The number of unbranched alkanes of at least 4 members (excludes halogenated alkanes) is 2. The van der Waals surface area contributed by atoms with Crippen LogP contribution < -0.4 is 5.32 Å². The van der Waals surface area contributed by atoms with Gasteiger partial charge in [0.25, 0.3) is 5.91 Å². The summed E-state index contributed by atoms with van der Waals surface area (Å²) in [6.45, 7) is 4.15. The van der Waals surface area contributed by atoms with Crippen molar-refractivity contribution < 1.29 is 9.18 Å². The van der Waals surface area contributed by atoms with Gasteiger partial charge in [-0.05, 0) is 37.6 Å². The van der Waals surface area contributed by atoms with Gasteiger partial charge < -0.3 is 5.32 Å². The van der Waals surface area contributed by atoms with Crippen LogP contribution in [0, 0.1) is 5.82 Å². The van der Waals surface area contributed by atoms with Gasteiger partial charge in [0.15, 0.2) is 0 Å². The average Bonchev–Trinajstić information content (AvgIpc) is 2.30. The molecule has 1 aromatic carbocycles. The maximum atomic E-state index is 12.7. The molecule has 0 radical (unpaired) electrons. The normalized spacial score (nSPS) is 12.2. The quantitative estimate of drug-likeness (QED) is 0.753. The van der Waals surface area contributed by atoms with Crippen LogP contribution in [0.1, 0.15) is 49.9 Å². The standard InChI is InChI=1S/C14H20FNO/c1-3-4-5-6-11(2)16-14(17)12-7-9-13(15)10-8-12/h7-11H,3-6H2,1-2H3,(H,16,17)/t11-/m1/s1. The SMILES string of the molecule is CCCCC[C@@H](C)NC(=O)c1ccc(F)cc1. The van der Waals surface area contributed by atoms with Gasteiger partial charge in [-0.1, -0.05) is 26.2 Å². The number of halogens is 1. The third kappa shape index (κ3) is 4.98. The Kier molecular flexibility index (Phi) is 5.67. The molecule has 1 atom stereocenters. The molecule has 0 fully saturated rings. The smallest absolute Gasteiger partial charge is 0.251 e. The van der Waals surface area contributed by atoms with E-state index in [2.05, 4.69) is 12.2 Å². The second kappa shape index (κ2) is 7.05. The molecule has 0 aliphatic heterocycles. The van der Waals surface area contributed by atoms with Gasteiger partial charge in [0.1, 0.15) is 5.82 Å². The zero-order chi connectivity index (χ0) is 12.7. The molecular formula is C14H20FNO. The lowest BCUT2D eigenvalue weighted by Gasteiger charge is -2.13. The first kappa shape index (κ1) is 13.7. The molecule has 1 aromatic rings. The summed E-state index contributed by atoms with van der Waals surface area (Å²) >= 11 is 0. The fraction of sp³-hybridized carbons (Fsp3) is 0.500. The van der Waals surface area contributed by atoms with E-state index in [-0.39, 0.29) is 17.8 Å². The van der Waals surface area contributed by atoms with Crippen molar-refractivity contribution in [2.24, 2.45) is 0 Å². The van der Waals surface area contributed by atoms with Crippen LogP contribution in [0.15, 0.2) is 24.3 Å². The summed E-state index contributed by atoms with van der Waals surface area (Å²) in [5.41, 5.74) is 0.508. The Labute approximate surface area is 102 Å². The number of nitrogens with one attached hydrogen (secondary N) is 1. The third-order valence-corrected chi connectivity index (χ3v) is 2.72. The van der Waals surface area contributed by atoms with Crippen molar-refractivity contribution in [3.05, 3.63) is 35.6 Å².